The molecule has 2 aliphatic rings. The van der Waals surface area contributed by atoms with Crippen LogP contribution in [0.3, 0.4) is 0 Å². The van der Waals surface area contributed by atoms with E-state index < -0.39 is 41.6 Å². The number of carbonyl (C=O) groups excluding carboxylic acids is 1. The van der Waals surface area contributed by atoms with Crippen LogP contribution in [0.2, 0.25) is 0 Å². The molecule has 1 heterocycles. The first-order chi connectivity index (χ1) is 10.6. The highest BCUT2D eigenvalue weighted by Gasteiger charge is 2.62. The molecule has 0 spiro atoms. The number of ether oxygens (including phenoxy) is 1. The van der Waals surface area contributed by atoms with E-state index in [-0.39, 0.29) is 23.6 Å². The van der Waals surface area contributed by atoms with Crippen LogP contribution in [0, 0.1) is 11.7 Å². The summed E-state index contributed by atoms with van der Waals surface area (Å²) >= 11 is 0. The molecular formula is C15H16F3N3O2. The van der Waals surface area contributed by atoms with Gasteiger partial charge in [0.15, 0.2) is 0 Å². The van der Waals surface area contributed by atoms with E-state index in [0.717, 1.165) is 12.1 Å². The molecule has 1 aromatic rings. The third kappa shape index (κ3) is 2.32. The lowest BCUT2D eigenvalue weighted by Gasteiger charge is -2.41. The number of hydrogen-bond donors (Lipinski definition) is 2. The minimum absolute atomic E-state index is 0.0146. The van der Waals surface area contributed by atoms with Crippen molar-refractivity contribution in [1.82, 2.24) is 0 Å². The fraction of sp³-hybridized carbons (Fsp3) is 0.467. The maximum Gasteiger partial charge on any atom is 0.283 e. The predicted molar refractivity (Wildman–Crippen MR) is 76.4 cm³/mol. The zero-order chi connectivity index (χ0) is 17.0. The lowest BCUT2D eigenvalue weighted by molar-refractivity contribution is -0.0961. The fourth-order valence-electron chi connectivity index (χ4n) is 3.60. The van der Waals surface area contributed by atoms with E-state index in [1.165, 1.54) is 13.0 Å². The van der Waals surface area contributed by atoms with Gasteiger partial charge in [0.25, 0.3) is 11.9 Å². The van der Waals surface area contributed by atoms with Gasteiger partial charge >= 0.3 is 0 Å². The molecule has 23 heavy (non-hydrogen) atoms. The van der Waals surface area contributed by atoms with Gasteiger partial charge in [0.05, 0.1) is 5.92 Å². The van der Waals surface area contributed by atoms with Gasteiger partial charge in [-0.2, -0.15) is 0 Å². The van der Waals surface area contributed by atoms with Gasteiger partial charge in [0.1, 0.15) is 17.5 Å². The second kappa shape index (κ2) is 4.87. The second-order valence-electron chi connectivity index (χ2n) is 6.09. The molecular weight excluding hydrogens is 311 g/mol. The molecule has 1 aliphatic carbocycles. The van der Waals surface area contributed by atoms with Gasteiger partial charge in [-0.15, -0.1) is 0 Å². The standard InChI is InChI=1S/C15H16F3N3O2/c1-14(8-6-7(12(19)22)2-3-9(8)16)11-10(23-13(20)21-14)4-5-15(11,17)18/h2-3,6,10-11H,4-5H2,1H3,(H2,19,22)(H2,20,21)/t10-,11+,14-/m1/s1. The Balaban J connectivity index is 2.21. The Hall–Kier alpha value is -2.25. The van der Waals surface area contributed by atoms with Crippen molar-refractivity contribution in [1.29, 1.82) is 0 Å². The summed E-state index contributed by atoms with van der Waals surface area (Å²) in [6, 6.07) is 3.10. The molecule has 8 heteroatoms. The summed E-state index contributed by atoms with van der Waals surface area (Å²) in [6.45, 7) is 1.38. The van der Waals surface area contributed by atoms with Crippen LogP contribution in [-0.4, -0.2) is 24.0 Å². The summed E-state index contributed by atoms with van der Waals surface area (Å²) in [5.41, 5.74) is 9.03. The third-order valence-electron chi connectivity index (χ3n) is 4.61. The molecule has 124 valence electrons. The maximum absolute atomic E-state index is 14.4. The summed E-state index contributed by atoms with van der Waals surface area (Å²) < 4.78 is 48.3. The quantitative estimate of drug-likeness (QED) is 0.869. The topological polar surface area (TPSA) is 90.7 Å². The van der Waals surface area contributed by atoms with E-state index in [1.54, 1.807) is 0 Å². The number of amidine groups is 1. The van der Waals surface area contributed by atoms with E-state index in [1.807, 2.05) is 0 Å². The molecule has 1 saturated carbocycles. The van der Waals surface area contributed by atoms with E-state index in [2.05, 4.69) is 4.99 Å². The molecule has 0 saturated heterocycles. The van der Waals surface area contributed by atoms with Gasteiger partial charge in [-0.3, -0.25) is 4.79 Å². The highest BCUT2D eigenvalue weighted by Crippen LogP contribution is 2.54. The molecule has 3 rings (SSSR count). The Labute approximate surface area is 130 Å². The zero-order valence-electron chi connectivity index (χ0n) is 12.4. The molecule has 5 nitrogen and oxygen atoms in total. The summed E-state index contributed by atoms with van der Waals surface area (Å²) in [5.74, 6) is -6.00. The molecule has 1 fully saturated rings. The largest absolute Gasteiger partial charge is 0.461 e. The Morgan fingerprint density at radius 2 is 2.13 bits per heavy atom. The number of benzene rings is 1. The van der Waals surface area contributed by atoms with Crippen LogP contribution < -0.4 is 11.5 Å². The number of hydrogen-bond acceptors (Lipinski definition) is 4. The predicted octanol–water partition coefficient (Wildman–Crippen LogP) is 1.90. The molecule has 0 bridgehead atoms. The van der Waals surface area contributed by atoms with Crippen molar-refractivity contribution < 1.29 is 22.7 Å². The van der Waals surface area contributed by atoms with Crippen LogP contribution in [0.15, 0.2) is 23.2 Å². The normalized spacial score (nSPS) is 31.9. The van der Waals surface area contributed by atoms with Crippen LogP contribution in [0.1, 0.15) is 35.7 Å². The fourth-order valence-corrected chi connectivity index (χ4v) is 3.60. The van der Waals surface area contributed by atoms with E-state index in [4.69, 9.17) is 16.2 Å². The maximum atomic E-state index is 14.4. The third-order valence-corrected chi connectivity index (χ3v) is 4.61. The van der Waals surface area contributed by atoms with E-state index in [9.17, 15) is 18.0 Å². The number of carbonyl (C=O) groups is 1. The summed E-state index contributed by atoms with van der Waals surface area (Å²) in [6.07, 6.45) is -1.15. The SMILES string of the molecule is C[C@]1(c2cc(C(N)=O)ccc2F)N=C(N)O[C@@H]2CCC(F)(F)[C@@H]21. The van der Waals surface area contributed by atoms with Gasteiger partial charge in [0, 0.05) is 17.5 Å². The minimum atomic E-state index is -3.08. The number of primary amides is 1. The molecule has 1 aliphatic heterocycles. The van der Waals surface area contributed by atoms with Crippen LogP contribution in [0.25, 0.3) is 0 Å². The zero-order valence-corrected chi connectivity index (χ0v) is 12.4. The molecule has 1 amide bonds. The average molecular weight is 327 g/mol. The number of aliphatic imine (C=N–C) groups is 1. The molecule has 3 atom stereocenters. The highest BCUT2D eigenvalue weighted by atomic mass is 19.3. The second-order valence-corrected chi connectivity index (χ2v) is 6.09. The molecule has 0 radical (unpaired) electrons. The van der Waals surface area contributed by atoms with Crippen molar-refractivity contribution in [3.05, 3.63) is 35.1 Å². The molecule has 0 aromatic heterocycles. The average Bonchev–Trinajstić information content (AvgIpc) is 2.74. The molecule has 4 N–H and O–H groups in total. The van der Waals surface area contributed by atoms with Gasteiger partial charge in [0.2, 0.25) is 5.91 Å². The minimum Gasteiger partial charge on any atom is -0.461 e. The van der Waals surface area contributed by atoms with Crippen molar-refractivity contribution >= 4 is 11.9 Å². The van der Waals surface area contributed by atoms with Crippen molar-refractivity contribution in [3.8, 4) is 0 Å². The first-order valence-electron chi connectivity index (χ1n) is 7.15. The van der Waals surface area contributed by atoms with Crippen molar-refractivity contribution in [3.63, 3.8) is 0 Å². The number of amides is 1. The van der Waals surface area contributed by atoms with Crippen LogP contribution in [0.4, 0.5) is 13.2 Å². The van der Waals surface area contributed by atoms with Crippen molar-refractivity contribution in [2.24, 2.45) is 22.4 Å². The number of rotatable bonds is 2. The lowest BCUT2D eigenvalue weighted by Crippen LogP contribution is -2.51. The number of halogens is 3. The van der Waals surface area contributed by atoms with Gasteiger partial charge in [-0.25, -0.2) is 18.2 Å². The van der Waals surface area contributed by atoms with Crippen LogP contribution >= 0.6 is 0 Å². The number of fused-ring (bicyclic) bond motifs is 1. The number of nitrogens with zero attached hydrogens (tertiary/aromatic N) is 1. The summed E-state index contributed by atoms with van der Waals surface area (Å²) in [5, 5.41) is 0. The number of nitrogens with two attached hydrogens (primary N) is 2. The summed E-state index contributed by atoms with van der Waals surface area (Å²) in [4.78, 5) is 15.3. The number of alkyl halides is 2. The van der Waals surface area contributed by atoms with Crippen molar-refractivity contribution in [2.75, 3.05) is 0 Å². The van der Waals surface area contributed by atoms with Gasteiger partial charge in [-0.1, -0.05) is 0 Å². The Bertz CT molecular complexity index is 707. The Kier molecular flexibility index (Phi) is 3.31. The highest BCUT2D eigenvalue weighted by molar-refractivity contribution is 5.93. The van der Waals surface area contributed by atoms with Crippen LogP contribution in [0.5, 0.6) is 0 Å². The van der Waals surface area contributed by atoms with Crippen LogP contribution in [-0.2, 0) is 10.3 Å². The monoisotopic (exact) mass is 327 g/mol. The van der Waals surface area contributed by atoms with Gasteiger partial charge in [-0.05, 0) is 31.5 Å². The van der Waals surface area contributed by atoms with Crippen molar-refractivity contribution in [2.45, 2.75) is 37.3 Å². The lowest BCUT2D eigenvalue weighted by atomic mass is 9.75. The van der Waals surface area contributed by atoms with E-state index >= 15 is 0 Å². The smallest absolute Gasteiger partial charge is 0.283 e. The summed E-state index contributed by atoms with van der Waals surface area (Å²) in [7, 11) is 0. The van der Waals surface area contributed by atoms with Gasteiger partial charge < -0.3 is 16.2 Å². The first-order valence-corrected chi connectivity index (χ1v) is 7.15. The molecule has 1 aromatic carbocycles. The van der Waals surface area contributed by atoms with E-state index in [0.29, 0.717) is 0 Å². The first kappa shape index (κ1) is 15.6. The Morgan fingerprint density at radius 1 is 1.43 bits per heavy atom. The molecule has 0 unspecified atom stereocenters. The Morgan fingerprint density at radius 3 is 2.78 bits per heavy atom.